The standard InChI is InChI=1S/C12H18N2O2S/c15-17(16,12-7-2-1-3-8-12)14-10-11-6-4-5-9-13-11/h1-3,7-8,11,13-14H,4-6,9-10H2. The molecule has 1 saturated heterocycles. The van der Waals surface area contributed by atoms with E-state index >= 15 is 0 Å². The first-order chi connectivity index (χ1) is 8.18. The van der Waals surface area contributed by atoms with Gasteiger partial charge in [0.15, 0.2) is 0 Å². The highest BCUT2D eigenvalue weighted by Crippen LogP contribution is 2.09. The Kier molecular flexibility index (Phi) is 4.15. The number of benzene rings is 1. The minimum Gasteiger partial charge on any atom is -0.313 e. The Labute approximate surface area is 102 Å². The molecule has 1 aromatic rings. The van der Waals surface area contributed by atoms with E-state index in [4.69, 9.17) is 0 Å². The second-order valence-corrected chi connectivity index (χ2v) is 6.08. The predicted octanol–water partition coefficient (Wildman–Crippen LogP) is 1.11. The molecular formula is C12H18N2O2S. The van der Waals surface area contributed by atoms with Crippen molar-refractivity contribution in [2.45, 2.75) is 30.2 Å². The zero-order valence-corrected chi connectivity index (χ0v) is 10.5. The Morgan fingerprint density at radius 2 is 2.00 bits per heavy atom. The van der Waals surface area contributed by atoms with Gasteiger partial charge in [-0.2, -0.15) is 0 Å². The normalized spacial score (nSPS) is 21.3. The fourth-order valence-electron chi connectivity index (χ4n) is 1.99. The predicted molar refractivity (Wildman–Crippen MR) is 67.3 cm³/mol. The molecular weight excluding hydrogens is 236 g/mol. The molecule has 0 amide bonds. The summed E-state index contributed by atoms with van der Waals surface area (Å²) in [6, 6.07) is 8.75. The molecule has 2 rings (SSSR count). The van der Waals surface area contributed by atoms with E-state index in [1.165, 1.54) is 12.8 Å². The van der Waals surface area contributed by atoms with E-state index in [1.807, 2.05) is 6.07 Å². The lowest BCUT2D eigenvalue weighted by Crippen LogP contribution is -2.43. The summed E-state index contributed by atoms with van der Waals surface area (Å²) >= 11 is 0. The minimum atomic E-state index is -3.35. The van der Waals surface area contributed by atoms with Crippen LogP contribution in [0.3, 0.4) is 0 Å². The monoisotopic (exact) mass is 254 g/mol. The summed E-state index contributed by atoms with van der Waals surface area (Å²) in [5.41, 5.74) is 0. The van der Waals surface area contributed by atoms with Crippen LogP contribution >= 0.6 is 0 Å². The van der Waals surface area contributed by atoms with Gasteiger partial charge in [-0.3, -0.25) is 0 Å². The average Bonchev–Trinajstić information content (AvgIpc) is 2.39. The molecule has 1 aliphatic heterocycles. The highest BCUT2D eigenvalue weighted by Gasteiger charge is 2.17. The van der Waals surface area contributed by atoms with Crippen molar-refractivity contribution >= 4 is 10.0 Å². The number of piperidine rings is 1. The lowest BCUT2D eigenvalue weighted by atomic mass is 10.1. The highest BCUT2D eigenvalue weighted by molar-refractivity contribution is 7.89. The molecule has 94 valence electrons. The summed E-state index contributed by atoms with van der Waals surface area (Å²) in [5, 5.41) is 3.32. The zero-order chi connectivity index (χ0) is 12.1. The zero-order valence-electron chi connectivity index (χ0n) is 9.72. The van der Waals surface area contributed by atoms with E-state index in [2.05, 4.69) is 10.0 Å². The summed E-state index contributed by atoms with van der Waals surface area (Å²) in [6.45, 7) is 1.45. The molecule has 4 nitrogen and oxygen atoms in total. The highest BCUT2D eigenvalue weighted by atomic mass is 32.2. The van der Waals surface area contributed by atoms with E-state index in [-0.39, 0.29) is 6.04 Å². The molecule has 2 N–H and O–H groups in total. The van der Waals surface area contributed by atoms with E-state index in [1.54, 1.807) is 24.3 Å². The largest absolute Gasteiger partial charge is 0.313 e. The summed E-state index contributed by atoms with van der Waals surface area (Å²) in [6.07, 6.45) is 3.39. The first-order valence-corrected chi connectivity index (χ1v) is 7.45. The van der Waals surface area contributed by atoms with Crippen molar-refractivity contribution in [2.24, 2.45) is 0 Å². The molecule has 17 heavy (non-hydrogen) atoms. The van der Waals surface area contributed by atoms with Crippen molar-refractivity contribution in [3.8, 4) is 0 Å². The average molecular weight is 254 g/mol. The van der Waals surface area contributed by atoms with Crippen molar-refractivity contribution in [1.29, 1.82) is 0 Å². The smallest absolute Gasteiger partial charge is 0.240 e. The fourth-order valence-corrected chi connectivity index (χ4v) is 3.09. The summed E-state index contributed by atoms with van der Waals surface area (Å²) < 4.78 is 26.5. The quantitative estimate of drug-likeness (QED) is 0.846. The van der Waals surface area contributed by atoms with Gasteiger partial charge in [0.2, 0.25) is 10.0 Å². The summed E-state index contributed by atoms with van der Waals surface area (Å²) in [5.74, 6) is 0. The third-order valence-corrected chi connectivity index (χ3v) is 4.43. The Hall–Kier alpha value is -0.910. The molecule has 0 bridgehead atoms. The first-order valence-electron chi connectivity index (χ1n) is 5.96. The molecule has 0 spiro atoms. The molecule has 1 heterocycles. The van der Waals surface area contributed by atoms with Gasteiger partial charge in [-0.15, -0.1) is 0 Å². The van der Waals surface area contributed by atoms with Gasteiger partial charge < -0.3 is 5.32 Å². The summed E-state index contributed by atoms with van der Waals surface area (Å²) in [4.78, 5) is 0.329. The van der Waals surface area contributed by atoms with Crippen LogP contribution in [0.4, 0.5) is 0 Å². The molecule has 1 fully saturated rings. The van der Waals surface area contributed by atoms with Crippen molar-refractivity contribution in [3.63, 3.8) is 0 Å². The molecule has 0 saturated carbocycles. The van der Waals surface area contributed by atoms with Crippen LogP contribution in [0.25, 0.3) is 0 Å². The van der Waals surface area contributed by atoms with Crippen LogP contribution in [0.1, 0.15) is 19.3 Å². The molecule has 5 heteroatoms. The first kappa shape index (κ1) is 12.5. The van der Waals surface area contributed by atoms with E-state index in [9.17, 15) is 8.42 Å². The van der Waals surface area contributed by atoms with Gasteiger partial charge >= 0.3 is 0 Å². The minimum absolute atomic E-state index is 0.266. The lowest BCUT2D eigenvalue weighted by Gasteiger charge is -2.23. The van der Waals surface area contributed by atoms with Gasteiger partial charge in [0, 0.05) is 12.6 Å². The van der Waals surface area contributed by atoms with Crippen LogP contribution < -0.4 is 10.0 Å². The fraction of sp³-hybridized carbons (Fsp3) is 0.500. The Morgan fingerprint density at radius 3 is 2.65 bits per heavy atom. The van der Waals surface area contributed by atoms with Crippen molar-refractivity contribution in [1.82, 2.24) is 10.0 Å². The van der Waals surface area contributed by atoms with Crippen molar-refractivity contribution in [3.05, 3.63) is 30.3 Å². The number of nitrogens with one attached hydrogen (secondary N) is 2. The molecule has 0 aromatic heterocycles. The SMILES string of the molecule is O=S(=O)(NCC1CCCCN1)c1ccccc1. The number of hydrogen-bond donors (Lipinski definition) is 2. The maximum atomic E-state index is 11.9. The van der Waals surface area contributed by atoms with Gasteiger partial charge in [0.25, 0.3) is 0 Å². The summed E-state index contributed by atoms with van der Waals surface area (Å²) in [7, 11) is -3.35. The van der Waals surface area contributed by atoms with Crippen LogP contribution in [-0.2, 0) is 10.0 Å². The van der Waals surface area contributed by atoms with Gasteiger partial charge in [0.05, 0.1) is 4.90 Å². The second-order valence-electron chi connectivity index (χ2n) is 4.31. The van der Waals surface area contributed by atoms with Crippen LogP contribution in [0.5, 0.6) is 0 Å². The lowest BCUT2D eigenvalue weighted by molar-refractivity contribution is 0.398. The van der Waals surface area contributed by atoms with E-state index < -0.39 is 10.0 Å². The number of rotatable bonds is 4. The Morgan fingerprint density at radius 1 is 1.24 bits per heavy atom. The number of sulfonamides is 1. The molecule has 0 radical (unpaired) electrons. The maximum Gasteiger partial charge on any atom is 0.240 e. The maximum absolute atomic E-state index is 11.9. The molecule has 1 atom stereocenters. The van der Waals surface area contributed by atoms with Crippen LogP contribution in [-0.4, -0.2) is 27.5 Å². The van der Waals surface area contributed by atoms with Crippen LogP contribution in [0, 0.1) is 0 Å². The van der Waals surface area contributed by atoms with Crippen molar-refractivity contribution in [2.75, 3.05) is 13.1 Å². The van der Waals surface area contributed by atoms with E-state index in [0.717, 1.165) is 13.0 Å². The molecule has 1 aliphatic rings. The van der Waals surface area contributed by atoms with Crippen LogP contribution in [0.2, 0.25) is 0 Å². The second kappa shape index (κ2) is 5.62. The van der Waals surface area contributed by atoms with Crippen LogP contribution in [0.15, 0.2) is 35.2 Å². The van der Waals surface area contributed by atoms with E-state index in [0.29, 0.717) is 11.4 Å². The van der Waals surface area contributed by atoms with Gasteiger partial charge in [0.1, 0.15) is 0 Å². The Bertz CT molecular complexity index is 439. The Balaban J connectivity index is 1.94. The van der Waals surface area contributed by atoms with Gasteiger partial charge in [-0.25, -0.2) is 13.1 Å². The number of hydrogen-bond acceptors (Lipinski definition) is 3. The molecule has 1 unspecified atom stereocenters. The third kappa shape index (κ3) is 3.52. The molecule has 1 aromatic carbocycles. The van der Waals surface area contributed by atoms with Gasteiger partial charge in [-0.05, 0) is 31.5 Å². The molecule has 0 aliphatic carbocycles. The third-order valence-electron chi connectivity index (χ3n) is 2.99. The van der Waals surface area contributed by atoms with Gasteiger partial charge in [-0.1, -0.05) is 24.6 Å². The van der Waals surface area contributed by atoms with Crippen molar-refractivity contribution < 1.29 is 8.42 Å². The topological polar surface area (TPSA) is 58.2 Å².